The van der Waals surface area contributed by atoms with Gasteiger partial charge in [0.2, 0.25) is 5.91 Å². The van der Waals surface area contributed by atoms with Crippen molar-refractivity contribution in [2.24, 2.45) is 5.73 Å². The van der Waals surface area contributed by atoms with Gasteiger partial charge in [-0.2, -0.15) is 0 Å². The van der Waals surface area contributed by atoms with Gasteiger partial charge in [-0.3, -0.25) is 4.79 Å². The quantitative estimate of drug-likeness (QED) is 0.609. The van der Waals surface area contributed by atoms with Gasteiger partial charge in [-0.15, -0.1) is 0 Å². The number of amides is 1. The number of nitrogens with one attached hydrogen (secondary N) is 1. The molecule has 18 heavy (non-hydrogen) atoms. The van der Waals surface area contributed by atoms with Gasteiger partial charge >= 0.3 is 0 Å². The Morgan fingerprint density at radius 1 is 1.50 bits per heavy atom. The molecule has 0 aliphatic rings. The van der Waals surface area contributed by atoms with E-state index in [-0.39, 0.29) is 5.91 Å². The first-order chi connectivity index (χ1) is 8.76. The number of methoxy groups -OCH3 is 1. The maximum atomic E-state index is 11.6. The van der Waals surface area contributed by atoms with E-state index in [2.05, 4.69) is 17.2 Å². The molecule has 1 aromatic rings. The summed E-state index contributed by atoms with van der Waals surface area (Å²) in [6.07, 6.45) is 1.17. The number of nitrogens with two attached hydrogens (primary N) is 1. The van der Waals surface area contributed by atoms with E-state index in [1.165, 1.54) is 0 Å². The smallest absolute Gasteiger partial charge is 0.224 e. The van der Waals surface area contributed by atoms with E-state index in [4.69, 9.17) is 10.5 Å². The molecule has 0 saturated carbocycles. The molecule has 3 N–H and O–H groups in total. The van der Waals surface area contributed by atoms with Gasteiger partial charge < -0.3 is 15.8 Å². The van der Waals surface area contributed by atoms with Crippen LogP contribution in [0.4, 0.5) is 5.69 Å². The highest BCUT2D eigenvalue weighted by Crippen LogP contribution is 2.10. The molecule has 0 aliphatic heterocycles. The standard InChI is InChI=1S/C14H18N2O2/c1-18-10-4-8-14(17)16-13-7-2-5-12(11-13)6-3-9-15/h2,5,7,11H,4,8-10,15H2,1H3,(H,16,17). The lowest BCUT2D eigenvalue weighted by molar-refractivity contribution is -0.116. The zero-order chi connectivity index (χ0) is 13.2. The number of carbonyl (C=O) groups excluding carboxylic acids is 1. The molecule has 0 aliphatic carbocycles. The van der Waals surface area contributed by atoms with Crippen LogP contribution < -0.4 is 11.1 Å². The van der Waals surface area contributed by atoms with Crippen molar-refractivity contribution in [3.63, 3.8) is 0 Å². The predicted octanol–water partition coefficient (Wildman–Crippen LogP) is 1.36. The summed E-state index contributed by atoms with van der Waals surface area (Å²) in [5.74, 6) is 5.68. The van der Waals surface area contributed by atoms with Crippen molar-refractivity contribution in [1.82, 2.24) is 0 Å². The molecule has 4 nitrogen and oxygen atoms in total. The summed E-state index contributed by atoms with van der Waals surface area (Å²) in [5, 5.41) is 2.82. The van der Waals surface area contributed by atoms with E-state index in [1.807, 2.05) is 24.3 Å². The topological polar surface area (TPSA) is 64.3 Å². The van der Waals surface area contributed by atoms with Crippen LogP contribution in [-0.4, -0.2) is 26.2 Å². The van der Waals surface area contributed by atoms with E-state index in [0.29, 0.717) is 19.6 Å². The highest BCUT2D eigenvalue weighted by molar-refractivity contribution is 5.90. The maximum Gasteiger partial charge on any atom is 0.224 e. The van der Waals surface area contributed by atoms with Crippen molar-refractivity contribution in [2.45, 2.75) is 12.8 Å². The first kappa shape index (κ1) is 14.2. The summed E-state index contributed by atoms with van der Waals surface area (Å²) in [5.41, 5.74) is 6.90. The molecule has 0 fully saturated rings. The highest BCUT2D eigenvalue weighted by atomic mass is 16.5. The first-order valence-electron chi connectivity index (χ1n) is 5.84. The number of rotatable bonds is 5. The summed E-state index contributed by atoms with van der Waals surface area (Å²) in [4.78, 5) is 11.6. The van der Waals surface area contributed by atoms with Crippen LogP contribution in [0.15, 0.2) is 24.3 Å². The fraction of sp³-hybridized carbons (Fsp3) is 0.357. The maximum absolute atomic E-state index is 11.6. The van der Waals surface area contributed by atoms with Crippen molar-refractivity contribution in [3.05, 3.63) is 29.8 Å². The lowest BCUT2D eigenvalue weighted by atomic mass is 10.2. The molecule has 1 aromatic carbocycles. The van der Waals surface area contributed by atoms with Crippen molar-refractivity contribution in [2.75, 3.05) is 25.6 Å². The number of carbonyl (C=O) groups is 1. The summed E-state index contributed by atoms with van der Waals surface area (Å²) in [7, 11) is 1.62. The Labute approximate surface area is 108 Å². The second-order valence-electron chi connectivity index (χ2n) is 3.73. The van der Waals surface area contributed by atoms with Gasteiger partial charge in [0.25, 0.3) is 0 Å². The molecule has 0 spiro atoms. The van der Waals surface area contributed by atoms with Crippen molar-refractivity contribution < 1.29 is 9.53 Å². The van der Waals surface area contributed by atoms with E-state index in [1.54, 1.807) is 7.11 Å². The van der Waals surface area contributed by atoms with E-state index < -0.39 is 0 Å². The molecule has 0 radical (unpaired) electrons. The third-order valence-electron chi connectivity index (χ3n) is 2.23. The second-order valence-corrected chi connectivity index (χ2v) is 3.73. The highest BCUT2D eigenvalue weighted by Gasteiger charge is 2.02. The van der Waals surface area contributed by atoms with Crippen LogP contribution in [-0.2, 0) is 9.53 Å². The molecule has 0 saturated heterocycles. The molecular weight excluding hydrogens is 228 g/mol. The lowest BCUT2D eigenvalue weighted by Crippen LogP contribution is -2.12. The SMILES string of the molecule is COCCCC(=O)Nc1cccc(C#CCN)c1. The van der Waals surface area contributed by atoms with Crippen molar-refractivity contribution in [3.8, 4) is 11.8 Å². The zero-order valence-electron chi connectivity index (χ0n) is 10.5. The molecular formula is C14H18N2O2. The van der Waals surface area contributed by atoms with Crippen LogP contribution in [0, 0.1) is 11.8 Å². The molecule has 0 atom stereocenters. The largest absolute Gasteiger partial charge is 0.385 e. The molecule has 0 unspecified atom stereocenters. The fourth-order valence-corrected chi connectivity index (χ4v) is 1.43. The number of benzene rings is 1. The average molecular weight is 246 g/mol. The van der Waals surface area contributed by atoms with Crippen molar-refractivity contribution >= 4 is 11.6 Å². The fourth-order valence-electron chi connectivity index (χ4n) is 1.43. The minimum absolute atomic E-state index is 0.0176. The number of anilines is 1. The molecule has 1 amide bonds. The van der Waals surface area contributed by atoms with Gasteiger partial charge in [0.1, 0.15) is 0 Å². The zero-order valence-corrected chi connectivity index (χ0v) is 10.5. The average Bonchev–Trinajstić information content (AvgIpc) is 2.37. The van der Waals surface area contributed by atoms with Gasteiger partial charge in [0.15, 0.2) is 0 Å². The third kappa shape index (κ3) is 5.48. The van der Waals surface area contributed by atoms with Gasteiger partial charge in [-0.25, -0.2) is 0 Å². The van der Waals surface area contributed by atoms with Crippen LogP contribution in [0.1, 0.15) is 18.4 Å². The molecule has 0 bridgehead atoms. The monoisotopic (exact) mass is 246 g/mol. The Balaban J connectivity index is 2.53. The van der Waals surface area contributed by atoms with Gasteiger partial charge in [-0.1, -0.05) is 17.9 Å². The molecule has 96 valence electrons. The van der Waals surface area contributed by atoms with E-state index >= 15 is 0 Å². The minimum atomic E-state index is -0.0176. The van der Waals surface area contributed by atoms with Crippen LogP contribution in [0.5, 0.6) is 0 Å². The molecule has 4 heteroatoms. The lowest BCUT2D eigenvalue weighted by Gasteiger charge is -2.05. The van der Waals surface area contributed by atoms with E-state index in [9.17, 15) is 4.79 Å². The Bertz CT molecular complexity index is 447. The van der Waals surface area contributed by atoms with Crippen molar-refractivity contribution in [1.29, 1.82) is 0 Å². The predicted molar refractivity (Wildman–Crippen MR) is 72.1 cm³/mol. The summed E-state index contributed by atoms with van der Waals surface area (Å²) in [6, 6.07) is 7.40. The van der Waals surface area contributed by atoms with Crippen LogP contribution in [0.25, 0.3) is 0 Å². The molecule has 0 aromatic heterocycles. The normalized spacial score (nSPS) is 9.44. The summed E-state index contributed by atoms with van der Waals surface area (Å²) < 4.78 is 4.90. The minimum Gasteiger partial charge on any atom is -0.385 e. The van der Waals surface area contributed by atoms with Gasteiger partial charge in [0.05, 0.1) is 6.54 Å². The number of hydrogen-bond donors (Lipinski definition) is 2. The second kappa shape index (κ2) is 8.29. The van der Waals surface area contributed by atoms with Gasteiger partial charge in [-0.05, 0) is 24.6 Å². The summed E-state index contributed by atoms with van der Waals surface area (Å²) >= 11 is 0. The number of ether oxygens (including phenoxy) is 1. The van der Waals surface area contributed by atoms with Gasteiger partial charge in [0, 0.05) is 31.4 Å². The third-order valence-corrected chi connectivity index (χ3v) is 2.23. The van der Waals surface area contributed by atoms with Crippen LogP contribution >= 0.6 is 0 Å². The molecule has 1 rings (SSSR count). The Kier molecular flexibility index (Phi) is 6.55. The number of hydrogen-bond acceptors (Lipinski definition) is 3. The summed E-state index contributed by atoms with van der Waals surface area (Å²) in [6.45, 7) is 0.920. The Morgan fingerprint density at radius 2 is 2.33 bits per heavy atom. The Morgan fingerprint density at radius 3 is 3.06 bits per heavy atom. The molecule has 0 heterocycles. The van der Waals surface area contributed by atoms with E-state index in [0.717, 1.165) is 17.7 Å². The first-order valence-corrected chi connectivity index (χ1v) is 5.84. The van der Waals surface area contributed by atoms with Crippen LogP contribution in [0.3, 0.4) is 0 Å². The Hall–Kier alpha value is -1.83. The van der Waals surface area contributed by atoms with Crippen LogP contribution in [0.2, 0.25) is 0 Å².